The van der Waals surface area contributed by atoms with Gasteiger partial charge in [0.1, 0.15) is 5.78 Å². The van der Waals surface area contributed by atoms with Crippen LogP contribution in [0.15, 0.2) is 0 Å². The molecule has 0 rings (SSSR count). The molecule has 0 saturated carbocycles. The van der Waals surface area contributed by atoms with E-state index in [1.807, 2.05) is 0 Å². The second-order valence-corrected chi connectivity index (χ2v) is 4.68. The number of hydrogen-bond donors (Lipinski definition) is 0. The van der Waals surface area contributed by atoms with Crippen LogP contribution < -0.4 is 0 Å². The number of carbonyl (C=O) groups is 2. The average molecular weight is 306 g/mol. The molecule has 0 aromatic carbocycles. The van der Waals surface area contributed by atoms with Crippen LogP contribution in [0.4, 0.5) is 0 Å². The number of rotatable bonds is 0. The molecular formula is C5H9O2Tl. The molecule has 0 aliphatic rings. The van der Waals surface area contributed by atoms with Gasteiger partial charge in [-0.15, -0.1) is 0 Å². The fourth-order valence-corrected chi connectivity index (χ4v) is 0. The van der Waals surface area contributed by atoms with E-state index < -0.39 is 0 Å². The van der Waals surface area contributed by atoms with Gasteiger partial charge in [-0.2, -0.15) is 0 Å². The molecule has 0 unspecified atom stereocenters. The van der Waals surface area contributed by atoms with Crippen LogP contribution in [-0.4, -0.2) is 34.9 Å². The van der Waals surface area contributed by atoms with Crippen molar-refractivity contribution in [2.24, 2.45) is 0 Å². The first-order valence-electron chi connectivity index (χ1n) is 2.20. The van der Waals surface area contributed by atoms with E-state index in [0.717, 1.165) is 0 Å². The molecule has 3 heteroatoms. The van der Waals surface area contributed by atoms with Crippen LogP contribution in [0.1, 0.15) is 20.8 Å². The topological polar surface area (TPSA) is 34.1 Å². The zero-order valence-corrected chi connectivity index (χ0v) is 9.88. The standard InChI is InChI=1S/C3H6O.C2H3O.Tl/c1-3(2)4;1-2-3;/h1-2H3;1H3;. The van der Waals surface area contributed by atoms with E-state index >= 15 is 0 Å². The zero-order valence-electron chi connectivity index (χ0n) is 5.39. The van der Waals surface area contributed by atoms with Gasteiger partial charge in [0.15, 0.2) is 0 Å². The Kier molecular flexibility index (Phi) is 10.1. The monoisotopic (exact) mass is 306 g/mol. The van der Waals surface area contributed by atoms with Crippen molar-refractivity contribution >= 4 is 34.9 Å². The summed E-state index contributed by atoms with van der Waals surface area (Å²) in [6.07, 6.45) is 0. The molecular weight excluding hydrogens is 296 g/mol. The molecule has 0 N–H and O–H groups in total. The maximum atomic E-state index is 9.52. The van der Waals surface area contributed by atoms with Crippen LogP contribution in [0, 0.1) is 0 Å². The molecule has 0 aliphatic heterocycles. The molecule has 0 aromatic rings. The normalized spacial score (nSPS) is 6.25. The van der Waals surface area contributed by atoms with E-state index in [9.17, 15) is 9.59 Å². The number of hydrogen-bond acceptors (Lipinski definition) is 2. The van der Waals surface area contributed by atoms with Gasteiger partial charge in [0.05, 0.1) is 0 Å². The number of ketones is 1. The van der Waals surface area contributed by atoms with E-state index in [0.29, 0.717) is 29.1 Å². The Morgan fingerprint density at radius 2 is 1.12 bits per heavy atom. The van der Waals surface area contributed by atoms with Gasteiger partial charge in [-0.25, -0.2) is 0 Å². The van der Waals surface area contributed by atoms with Crippen molar-refractivity contribution in [3.8, 4) is 0 Å². The summed E-state index contributed by atoms with van der Waals surface area (Å²) in [6.45, 7) is 4.66. The predicted octanol–water partition coefficient (Wildman–Crippen LogP) is 0.297. The van der Waals surface area contributed by atoms with E-state index in [4.69, 9.17) is 0 Å². The molecule has 0 aliphatic carbocycles. The van der Waals surface area contributed by atoms with Crippen LogP contribution in [0.2, 0.25) is 0 Å². The summed E-state index contributed by atoms with van der Waals surface area (Å²) in [5, 5.41) is 0. The molecule has 8 heavy (non-hydrogen) atoms. The second kappa shape index (κ2) is 7.26. The molecule has 44 valence electrons. The summed E-state index contributed by atoms with van der Waals surface area (Å²) in [5.41, 5.74) is 0. The average Bonchev–Trinajstić information content (AvgIpc) is 1.25. The van der Waals surface area contributed by atoms with Crippen molar-refractivity contribution in [1.82, 2.24) is 0 Å². The maximum absolute atomic E-state index is 9.52. The van der Waals surface area contributed by atoms with Crippen LogP contribution in [0.25, 0.3) is 0 Å². The Morgan fingerprint density at radius 1 is 1.12 bits per heavy atom. The van der Waals surface area contributed by atoms with Crippen LogP contribution in [0.3, 0.4) is 0 Å². The van der Waals surface area contributed by atoms with Gasteiger partial charge in [-0.05, 0) is 13.8 Å². The van der Waals surface area contributed by atoms with Gasteiger partial charge >= 0.3 is 40.8 Å². The SMILES string of the molecule is CC(C)=O.C[C](=O)[Tl]. The van der Waals surface area contributed by atoms with E-state index in [2.05, 4.69) is 0 Å². The molecule has 0 saturated heterocycles. The molecule has 0 heterocycles. The quantitative estimate of drug-likeness (QED) is 0.603. The molecule has 0 spiro atoms. The molecule has 0 atom stereocenters. The van der Waals surface area contributed by atoms with Gasteiger partial charge < -0.3 is 4.79 Å². The van der Waals surface area contributed by atoms with Crippen molar-refractivity contribution in [2.45, 2.75) is 20.8 Å². The Balaban J connectivity index is 0. The summed E-state index contributed by atoms with van der Waals surface area (Å²) in [4.78, 5) is 19.0. The van der Waals surface area contributed by atoms with Gasteiger partial charge in [0, 0.05) is 0 Å². The van der Waals surface area contributed by atoms with E-state index in [1.54, 1.807) is 6.92 Å². The van der Waals surface area contributed by atoms with Crippen molar-refractivity contribution in [3.63, 3.8) is 0 Å². The third-order valence-electron chi connectivity index (χ3n) is 0. The molecule has 0 amide bonds. The first-order chi connectivity index (χ1) is 3.46. The predicted molar refractivity (Wildman–Crippen MR) is 32.8 cm³/mol. The van der Waals surface area contributed by atoms with Gasteiger partial charge in [0.2, 0.25) is 0 Å². The summed E-state index contributed by atoms with van der Waals surface area (Å²) >= 11 is 0.546. The molecule has 0 aromatic heterocycles. The minimum atomic E-state index is 0.167. The first kappa shape index (κ1) is 11.1. The first-order valence-corrected chi connectivity index (χ1v) is 4.44. The van der Waals surface area contributed by atoms with E-state index in [1.165, 1.54) is 13.8 Å². The van der Waals surface area contributed by atoms with Crippen LogP contribution >= 0.6 is 0 Å². The third kappa shape index (κ3) is 2520. The zero-order chi connectivity index (χ0) is 7.15. The van der Waals surface area contributed by atoms with Gasteiger partial charge in [-0.3, -0.25) is 0 Å². The second-order valence-electron chi connectivity index (χ2n) is 1.52. The molecule has 0 fully saturated rings. The van der Waals surface area contributed by atoms with Crippen molar-refractivity contribution in [3.05, 3.63) is 0 Å². The van der Waals surface area contributed by atoms with Gasteiger partial charge in [0.25, 0.3) is 0 Å². The Bertz CT molecular complexity index is 68.4. The summed E-state index contributed by atoms with van der Waals surface area (Å²) < 4.78 is 0.333. The third-order valence-corrected chi connectivity index (χ3v) is 0. The fourth-order valence-electron chi connectivity index (χ4n) is 0. The minimum absolute atomic E-state index is 0.167. The molecule has 0 radical (unpaired) electrons. The molecule has 0 bridgehead atoms. The number of carbonyl (C=O) groups excluding carboxylic acids is 2. The van der Waals surface area contributed by atoms with Gasteiger partial charge in [-0.1, -0.05) is 0 Å². The van der Waals surface area contributed by atoms with Crippen LogP contribution in [0.5, 0.6) is 0 Å². The van der Waals surface area contributed by atoms with Crippen molar-refractivity contribution < 1.29 is 9.59 Å². The summed E-state index contributed by atoms with van der Waals surface area (Å²) in [7, 11) is 0. The summed E-state index contributed by atoms with van der Waals surface area (Å²) in [6, 6.07) is 0. The van der Waals surface area contributed by atoms with Crippen molar-refractivity contribution in [2.75, 3.05) is 0 Å². The van der Waals surface area contributed by atoms with Crippen molar-refractivity contribution in [1.29, 1.82) is 0 Å². The Morgan fingerprint density at radius 3 is 1.12 bits per heavy atom. The Hall–Kier alpha value is 0.262. The van der Waals surface area contributed by atoms with Crippen LogP contribution in [-0.2, 0) is 9.59 Å². The fraction of sp³-hybridized carbons (Fsp3) is 0.600. The van der Waals surface area contributed by atoms with E-state index in [-0.39, 0.29) is 5.78 Å². The molecule has 2 nitrogen and oxygen atoms in total. The Labute approximate surface area is 65.3 Å². The number of Topliss-reactive ketones (excluding diaryl/α,β-unsaturated/α-hetero) is 1. The summed E-state index contributed by atoms with van der Waals surface area (Å²) in [5.74, 6) is 0.167.